The minimum absolute atomic E-state index is 0.0186. The lowest BCUT2D eigenvalue weighted by atomic mass is 10.1. The van der Waals surface area contributed by atoms with E-state index in [1.807, 2.05) is 30.3 Å². The van der Waals surface area contributed by atoms with Crippen molar-refractivity contribution in [2.24, 2.45) is 0 Å². The topological polar surface area (TPSA) is 84.5 Å². The molecule has 162 valence electrons. The van der Waals surface area contributed by atoms with Crippen molar-refractivity contribution in [2.45, 2.75) is 24.8 Å². The molecule has 0 aliphatic heterocycles. The summed E-state index contributed by atoms with van der Waals surface area (Å²) < 4.78 is 34.1. The molecule has 0 radical (unpaired) electrons. The molecule has 0 unspecified atom stereocenters. The number of sulfonamides is 1. The van der Waals surface area contributed by atoms with Crippen LogP contribution in [0.4, 0.5) is 5.69 Å². The average Bonchev–Trinajstić information content (AvgIpc) is 2.75. The van der Waals surface area contributed by atoms with Crippen LogP contribution in [0.5, 0.6) is 5.75 Å². The van der Waals surface area contributed by atoms with Crippen LogP contribution in [0.25, 0.3) is 0 Å². The van der Waals surface area contributed by atoms with Crippen LogP contribution in [-0.4, -0.2) is 20.9 Å². The Kier molecular flexibility index (Phi) is 7.33. The maximum absolute atomic E-state index is 13.0. The van der Waals surface area contributed by atoms with Gasteiger partial charge in [-0.25, -0.2) is 13.1 Å². The van der Waals surface area contributed by atoms with E-state index in [1.165, 1.54) is 18.2 Å². The second-order valence-electron chi connectivity index (χ2n) is 6.81. The highest BCUT2D eigenvalue weighted by Crippen LogP contribution is 2.29. The summed E-state index contributed by atoms with van der Waals surface area (Å²) in [5, 5.41) is 3.24. The quantitative estimate of drug-likeness (QED) is 0.495. The van der Waals surface area contributed by atoms with Crippen molar-refractivity contribution in [3.63, 3.8) is 0 Å². The number of halogens is 1. The zero-order chi connectivity index (χ0) is 22.4. The van der Waals surface area contributed by atoms with Gasteiger partial charge in [-0.15, -0.1) is 0 Å². The monoisotopic (exact) mass is 458 g/mol. The molecule has 0 bridgehead atoms. The molecule has 0 aliphatic rings. The first-order chi connectivity index (χ1) is 14.8. The second kappa shape index (κ2) is 9.96. The van der Waals surface area contributed by atoms with E-state index in [0.717, 1.165) is 5.56 Å². The van der Waals surface area contributed by atoms with Crippen molar-refractivity contribution in [1.82, 2.24) is 4.72 Å². The molecule has 0 aromatic heterocycles. The molecule has 1 atom stereocenters. The lowest BCUT2D eigenvalue weighted by molar-refractivity contribution is 0.102. The van der Waals surface area contributed by atoms with Gasteiger partial charge in [-0.1, -0.05) is 41.9 Å². The minimum atomic E-state index is -3.84. The highest BCUT2D eigenvalue weighted by Gasteiger charge is 2.21. The predicted molar refractivity (Wildman–Crippen MR) is 122 cm³/mol. The predicted octanol–water partition coefficient (Wildman–Crippen LogP) is 5.03. The van der Waals surface area contributed by atoms with Crippen molar-refractivity contribution >= 4 is 33.2 Å². The number of rotatable bonds is 8. The SMILES string of the molecule is CCOc1ccc(S(=O)(=O)N[C@@H](C)c2ccccc2)cc1NC(=O)c1ccc(Cl)cc1. The van der Waals surface area contributed by atoms with Crippen molar-refractivity contribution in [2.75, 3.05) is 11.9 Å². The van der Waals surface area contributed by atoms with Gasteiger partial charge in [-0.05, 0) is 61.9 Å². The van der Waals surface area contributed by atoms with Crippen LogP contribution in [0, 0.1) is 0 Å². The van der Waals surface area contributed by atoms with Gasteiger partial charge >= 0.3 is 0 Å². The average molecular weight is 459 g/mol. The largest absolute Gasteiger partial charge is 0.492 e. The molecule has 6 nitrogen and oxygen atoms in total. The fourth-order valence-electron chi connectivity index (χ4n) is 2.96. The van der Waals surface area contributed by atoms with E-state index in [2.05, 4.69) is 10.0 Å². The lowest BCUT2D eigenvalue weighted by Gasteiger charge is -2.17. The van der Waals surface area contributed by atoms with Crippen LogP contribution in [-0.2, 0) is 10.0 Å². The van der Waals surface area contributed by atoms with E-state index in [9.17, 15) is 13.2 Å². The molecule has 8 heteroatoms. The lowest BCUT2D eigenvalue weighted by Crippen LogP contribution is -2.27. The van der Waals surface area contributed by atoms with Gasteiger partial charge in [-0.3, -0.25) is 4.79 Å². The van der Waals surface area contributed by atoms with Crippen LogP contribution in [0.3, 0.4) is 0 Å². The summed E-state index contributed by atoms with van der Waals surface area (Å²) in [7, 11) is -3.84. The maximum Gasteiger partial charge on any atom is 0.255 e. The highest BCUT2D eigenvalue weighted by atomic mass is 35.5. The summed E-state index contributed by atoms with van der Waals surface area (Å²) in [6, 6.07) is 19.6. The smallest absolute Gasteiger partial charge is 0.255 e. The Balaban J connectivity index is 1.87. The number of amides is 1. The van der Waals surface area contributed by atoms with Crippen LogP contribution >= 0.6 is 11.6 Å². The molecule has 1 amide bonds. The fraction of sp³-hybridized carbons (Fsp3) is 0.174. The van der Waals surface area contributed by atoms with Crippen LogP contribution in [0.15, 0.2) is 77.7 Å². The number of carbonyl (C=O) groups is 1. The zero-order valence-corrected chi connectivity index (χ0v) is 18.7. The fourth-order valence-corrected chi connectivity index (χ4v) is 4.35. The van der Waals surface area contributed by atoms with E-state index in [4.69, 9.17) is 16.3 Å². The third-order valence-corrected chi connectivity index (χ3v) is 6.34. The Morgan fingerprint density at radius 1 is 1.03 bits per heavy atom. The van der Waals surface area contributed by atoms with Gasteiger partial charge in [0.2, 0.25) is 10.0 Å². The zero-order valence-electron chi connectivity index (χ0n) is 17.1. The number of nitrogens with one attached hydrogen (secondary N) is 2. The number of anilines is 1. The van der Waals surface area contributed by atoms with Crippen molar-refractivity contribution in [3.8, 4) is 5.75 Å². The Morgan fingerprint density at radius 3 is 2.35 bits per heavy atom. The molecule has 0 heterocycles. The molecular weight excluding hydrogens is 436 g/mol. The number of hydrogen-bond acceptors (Lipinski definition) is 4. The molecule has 31 heavy (non-hydrogen) atoms. The first-order valence-corrected chi connectivity index (χ1v) is 11.6. The molecular formula is C23H23ClN2O4S. The minimum Gasteiger partial charge on any atom is -0.492 e. The van der Waals surface area contributed by atoms with Gasteiger partial charge in [0.1, 0.15) is 5.75 Å². The third-order valence-electron chi connectivity index (χ3n) is 4.55. The second-order valence-corrected chi connectivity index (χ2v) is 8.96. The van der Waals surface area contributed by atoms with Gasteiger partial charge in [0.15, 0.2) is 0 Å². The van der Waals surface area contributed by atoms with E-state index in [1.54, 1.807) is 38.1 Å². The van der Waals surface area contributed by atoms with E-state index >= 15 is 0 Å². The maximum atomic E-state index is 13.0. The summed E-state index contributed by atoms with van der Waals surface area (Å²) in [4.78, 5) is 12.6. The summed E-state index contributed by atoms with van der Waals surface area (Å²) in [5.74, 6) is -0.0300. The molecule has 0 fully saturated rings. The van der Waals surface area contributed by atoms with Crippen LogP contribution < -0.4 is 14.8 Å². The van der Waals surface area contributed by atoms with E-state index in [0.29, 0.717) is 22.9 Å². The first-order valence-electron chi connectivity index (χ1n) is 9.71. The number of ether oxygens (including phenoxy) is 1. The Labute approximate surface area is 187 Å². The highest BCUT2D eigenvalue weighted by molar-refractivity contribution is 7.89. The van der Waals surface area contributed by atoms with Gasteiger partial charge in [0.25, 0.3) is 5.91 Å². The molecule has 3 aromatic carbocycles. The number of benzene rings is 3. The molecule has 0 saturated carbocycles. The van der Waals surface area contributed by atoms with Crippen LogP contribution in [0.2, 0.25) is 5.02 Å². The number of carbonyl (C=O) groups excluding carboxylic acids is 1. The van der Waals surface area contributed by atoms with E-state index < -0.39 is 22.0 Å². The van der Waals surface area contributed by atoms with Gasteiger partial charge < -0.3 is 10.1 Å². The third kappa shape index (κ3) is 5.85. The normalized spacial score (nSPS) is 12.2. The molecule has 3 aromatic rings. The van der Waals surface area contributed by atoms with Gasteiger partial charge in [0.05, 0.1) is 17.2 Å². The van der Waals surface area contributed by atoms with Crippen molar-refractivity contribution in [1.29, 1.82) is 0 Å². The first kappa shape index (κ1) is 22.8. The molecule has 2 N–H and O–H groups in total. The van der Waals surface area contributed by atoms with Gasteiger partial charge in [0, 0.05) is 16.6 Å². The summed E-state index contributed by atoms with van der Waals surface area (Å²) in [5.41, 5.74) is 1.49. The summed E-state index contributed by atoms with van der Waals surface area (Å²) in [6.45, 7) is 3.93. The standard InChI is InChI=1S/C23H23ClN2O4S/c1-3-30-22-14-13-20(31(28,29)26-16(2)17-7-5-4-6-8-17)15-21(22)25-23(27)18-9-11-19(24)12-10-18/h4-16,26H,3H2,1-2H3,(H,25,27)/t16-/m0/s1. The summed E-state index contributed by atoms with van der Waals surface area (Å²) in [6.07, 6.45) is 0. The van der Waals surface area contributed by atoms with Gasteiger partial charge in [-0.2, -0.15) is 0 Å². The molecule has 0 aliphatic carbocycles. The molecule has 3 rings (SSSR count). The van der Waals surface area contributed by atoms with Crippen molar-refractivity contribution in [3.05, 3.63) is 88.9 Å². The molecule has 0 saturated heterocycles. The number of hydrogen-bond donors (Lipinski definition) is 2. The van der Waals surface area contributed by atoms with Crippen molar-refractivity contribution < 1.29 is 17.9 Å². The Morgan fingerprint density at radius 2 is 1.71 bits per heavy atom. The van der Waals surface area contributed by atoms with E-state index in [-0.39, 0.29) is 10.6 Å². The summed E-state index contributed by atoms with van der Waals surface area (Å²) >= 11 is 5.87. The molecule has 0 spiro atoms. The Hall–Kier alpha value is -2.87. The van der Waals surface area contributed by atoms with Crippen LogP contribution in [0.1, 0.15) is 35.8 Å². The Bertz CT molecular complexity index is 1150.